The number of ketones is 1. The van der Waals surface area contributed by atoms with Crippen molar-refractivity contribution < 1.29 is 4.79 Å². The number of Topliss-reactive ketones (excluding diaryl/α,β-unsaturated/α-hetero) is 1. The summed E-state index contributed by atoms with van der Waals surface area (Å²) in [6.07, 6.45) is 5.83. The third kappa shape index (κ3) is 4.85. The minimum atomic E-state index is 0.206. The maximum absolute atomic E-state index is 12.5. The SMILES string of the molecule is Cc1cc(CCC(=O)Cc2ccc(N3CCCC3)nc2)n(-c2cccc(Cl)c2)n1. The monoisotopic (exact) mass is 408 g/mol. The molecule has 3 aromatic rings. The molecule has 0 atom stereocenters. The van der Waals surface area contributed by atoms with Crippen molar-refractivity contribution in [3.8, 4) is 5.69 Å². The van der Waals surface area contributed by atoms with E-state index in [0.29, 0.717) is 24.3 Å². The predicted molar refractivity (Wildman–Crippen MR) is 116 cm³/mol. The zero-order valence-corrected chi connectivity index (χ0v) is 17.4. The van der Waals surface area contributed by atoms with E-state index < -0.39 is 0 Å². The number of benzene rings is 1. The molecule has 1 aromatic carbocycles. The zero-order valence-electron chi connectivity index (χ0n) is 16.6. The second-order valence-corrected chi connectivity index (χ2v) is 8.04. The van der Waals surface area contributed by atoms with Crippen LogP contribution < -0.4 is 4.90 Å². The molecule has 4 rings (SSSR count). The van der Waals surface area contributed by atoms with Crippen LogP contribution >= 0.6 is 11.6 Å². The largest absolute Gasteiger partial charge is 0.357 e. The number of halogens is 1. The average Bonchev–Trinajstić information content (AvgIpc) is 3.37. The highest BCUT2D eigenvalue weighted by Gasteiger charge is 2.14. The molecule has 3 heterocycles. The van der Waals surface area contributed by atoms with Gasteiger partial charge in [-0.3, -0.25) is 4.79 Å². The zero-order chi connectivity index (χ0) is 20.2. The van der Waals surface area contributed by atoms with Crippen molar-refractivity contribution in [3.05, 3.63) is 70.6 Å². The number of carbonyl (C=O) groups is 1. The Morgan fingerprint density at radius 1 is 1.14 bits per heavy atom. The molecule has 0 spiro atoms. The van der Waals surface area contributed by atoms with Gasteiger partial charge in [-0.1, -0.05) is 23.7 Å². The number of nitrogens with zero attached hydrogens (tertiary/aromatic N) is 4. The van der Waals surface area contributed by atoms with E-state index in [1.165, 1.54) is 12.8 Å². The van der Waals surface area contributed by atoms with Crippen LogP contribution in [0.5, 0.6) is 0 Å². The van der Waals surface area contributed by atoms with Gasteiger partial charge in [-0.15, -0.1) is 0 Å². The summed E-state index contributed by atoms with van der Waals surface area (Å²) in [5, 5.41) is 5.23. The van der Waals surface area contributed by atoms with Crippen LogP contribution in [0.1, 0.15) is 36.2 Å². The smallest absolute Gasteiger partial charge is 0.137 e. The molecule has 1 aliphatic heterocycles. The maximum Gasteiger partial charge on any atom is 0.137 e. The number of hydrogen-bond donors (Lipinski definition) is 0. The van der Waals surface area contributed by atoms with Gasteiger partial charge in [0.25, 0.3) is 0 Å². The van der Waals surface area contributed by atoms with Gasteiger partial charge in [0, 0.05) is 42.8 Å². The van der Waals surface area contributed by atoms with E-state index >= 15 is 0 Å². The molecule has 0 N–H and O–H groups in total. The van der Waals surface area contributed by atoms with Gasteiger partial charge < -0.3 is 4.90 Å². The van der Waals surface area contributed by atoms with Crippen LogP contribution in [0, 0.1) is 6.92 Å². The van der Waals surface area contributed by atoms with Crippen LogP contribution in [-0.4, -0.2) is 33.6 Å². The number of aromatic nitrogens is 3. The van der Waals surface area contributed by atoms with Crippen molar-refractivity contribution in [3.63, 3.8) is 0 Å². The molecule has 0 amide bonds. The number of anilines is 1. The molecule has 6 heteroatoms. The minimum absolute atomic E-state index is 0.206. The van der Waals surface area contributed by atoms with E-state index in [4.69, 9.17) is 11.6 Å². The average molecular weight is 409 g/mol. The van der Waals surface area contributed by atoms with E-state index in [-0.39, 0.29) is 5.78 Å². The van der Waals surface area contributed by atoms with Gasteiger partial charge in [0.05, 0.1) is 11.4 Å². The third-order valence-corrected chi connectivity index (χ3v) is 5.49. The normalized spacial score (nSPS) is 13.8. The van der Waals surface area contributed by atoms with Crippen LogP contribution in [0.25, 0.3) is 5.69 Å². The topological polar surface area (TPSA) is 51.0 Å². The van der Waals surface area contributed by atoms with E-state index in [2.05, 4.69) is 15.0 Å². The third-order valence-electron chi connectivity index (χ3n) is 5.26. The molecule has 29 heavy (non-hydrogen) atoms. The van der Waals surface area contributed by atoms with Crippen molar-refractivity contribution in [1.82, 2.24) is 14.8 Å². The summed E-state index contributed by atoms with van der Waals surface area (Å²) in [5.74, 6) is 1.22. The van der Waals surface area contributed by atoms with E-state index in [1.807, 2.05) is 60.3 Å². The van der Waals surface area contributed by atoms with Gasteiger partial charge in [0.1, 0.15) is 11.6 Å². The molecule has 0 radical (unpaired) electrons. The number of carbonyl (C=O) groups excluding carboxylic acids is 1. The maximum atomic E-state index is 12.5. The van der Waals surface area contributed by atoms with Crippen molar-refractivity contribution in [2.24, 2.45) is 0 Å². The molecule has 2 aromatic heterocycles. The second-order valence-electron chi connectivity index (χ2n) is 7.60. The first-order valence-electron chi connectivity index (χ1n) is 10.1. The Hall–Kier alpha value is -2.66. The van der Waals surface area contributed by atoms with Crippen molar-refractivity contribution in [1.29, 1.82) is 0 Å². The van der Waals surface area contributed by atoms with Gasteiger partial charge >= 0.3 is 0 Å². The summed E-state index contributed by atoms with van der Waals surface area (Å²) in [6.45, 7) is 4.11. The van der Waals surface area contributed by atoms with Gasteiger partial charge in [-0.05, 0) is 62.1 Å². The first-order chi connectivity index (χ1) is 14.1. The molecule has 5 nitrogen and oxygen atoms in total. The van der Waals surface area contributed by atoms with Crippen molar-refractivity contribution in [2.75, 3.05) is 18.0 Å². The molecule has 1 fully saturated rings. The summed E-state index contributed by atoms with van der Waals surface area (Å²) in [4.78, 5) is 19.4. The van der Waals surface area contributed by atoms with Gasteiger partial charge in [-0.2, -0.15) is 5.10 Å². The highest BCUT2D eigenvalue weighted by molar-refractivity contribution is 6.30. The van der Waals surface area contributed by atoms with Crippen LogP contribution in [0.15, 0.2) is 48.7 Å². The molecule has 1 aliphatic rings. The minimum Gasteiger partial charge on any atom is -0.357 e. The summed E-state index contributed by atoms with van der Waals surface area (Å²) in [5.41, 5.74) is 3.82. The first-order valence-corrected chi connectivity index (χ1v) is 10.5. The van der Waals surface area contributed by atoms with E-state index in [0.717, 1.165) is 41.5 Å². The molecular weight excluding hydrogens is 384 g/mol. The molecule has 0 unspecified atom stereocenters. The lowest BCUT2D eigenvalue weighted by Crippen LogP contribution is -2.18. The number of pyridine rings is 1. The summed E-state index contributed by atoms with van der Waals surface area (Å²) < 4.78 is 1.88. The van der Waals surface area contributed by atoms with Crippen molar-refractivity contribution in [2.45, 2.75) is 39.0 Å². The number of hydrogen-bond acceptors (Lipinski definition) is 4. The fraction of sp³-hybridized carbons (Fsp3) is 0.348. The van der Waals surface area contributed by atoms with Gasteiger partial charge in [0.15, 0.2) is 0 Å². The fourth-order valence-corrected chi connectivity index (χ4v) is 3.99. The number of aryl methyl sites for hydroxylation is 2. The molecule has 1 saturated heterocycles. The standard InChI is InChI=1S/C23H25ClN4O/c1-17-13-21(28(26-17)20-6-4-5-19(24)15-20)8-9-22(29)14-18-7-10-23(25-16-18)27-11-2-3-12-27/h4-7,10,13,15-16H,2-3,8-9,11-12,14H2,1H3. The van der Waals surface area contributed by atoms with Crippen molar-refractivity contribution >= 4 is 23.2 Å². The lowest BCUT2D eigenvalue weighted by Gasteiger charge is -2.16. The van der Waals surface area contributed by atoms with E-state index in [9.17, 15) is 4.79 Å². The summed E-state index contributed by atoms with van der Waals surface area (Å²) in [6, 6.07) is 13.7. The summed E-state index contributed by atoms with van der Waals surface area (Å²) in [7, 11) is 0. The predicted octanol–water partition coefficient (Wildman–Crippen LogP) is 4.57. The second kappa shape index (κ2) is 8.78. The van der Waals surface area contributed by atoms with Gasteiger partial charge in [0.2, 0.25) is 0 Å². The Bertz CT molecular complexity index is 990. The van der Waals surface area contributed by atoms with Gasteiger partial charge in [-0.25, -0.2) is 9.67 Å². The highest BCUT2D eigenvalue weighted by atomic mass is 35.5. The van der Waals surface area contributed by atoms with E-state index in [1.54, 1.807) is 0 Å². The Morgan fingerprint density at radius 2 is 1.97 bits per heavy atom. The quantitative estimate of drug-likeness (QED) is 0.574. The van der Waals surface area contributed by atoms with Crippen LogP contribution in [0.3, 0.4) is 0 Å². The molecule has 0 bridgehead atoms. The summed E-state index contributed by atoms with van der Waals surface area (Å²) >= 11 is 6.12. The molecule has 0 saturated carbocycles. The highest BCUT2D eigenvalue weighted by Crippen LogP contribution is 2.20. The number of rotatable bonds is 7. The molecular formula is C23H25ClN4O. The Balaban J connectivity index is 1.37. The molecule has 150 valence electrons. The Morgan fingerprint density at radius 3 is 2.69 bits per heavy atom. The lowest BCUT2D eigenvalue weighted by molar-refractivity contribution is -0.118. The first kappa shape index (κ1) is 19.6. The lowest BCUT2D eigenvalue weighted by atomic mass is 10.1. The fourth-order valence-electron chi connectivity index (χ4n) is 3.80. The van der Waals surface area contributed by atoms with Crippen LogP contribution in [0.4, 0.5) is 5.82 Å². The molecule has 0 aliphatic carbocycles. The van der Waals surface area contributed by atoms with Crippen LogP contribution in [-0.2, 0) is 17.6 Å². The Kier molecular flexibility index (Phi) is 5.95. The van der Waals surface area contributed by atoms with Crippen LogP contribution in [0.2, 0.25) is 5.02 Å². The Labute approximate surface area is 176 Å².